The smallest absolute Gasteiger partial charge is 0.306 e. The number of unbranched alkanes of at least 4 members (excludes halogenated alkanes) is 22. The van der Waals surface area contributed by atoms with E-state index in [2.05, 4.69) is 20.8 Å². The van der Waals surface area contributed by atoms with Crippen LogP contribution < -0.4 is 0 Å². The van der Waals surface area contributed by atoms with E-state index in [0.29, 0.717) is 25.4 Å². The summed E-state index contributed by atoms with van der Waals surface area (Å²) in [6, 6.07) is 0. The Morgan fingerprint density at radius 1 is 0.429 bits per heavy atom. The molecule has 49 heavy (non-hydrogen) atoms. The van der Waals surface area contributed by atoms with E-state index in [1.807, 2.05) is 0 Å². The Hall–Kier alpha value is -1.59. The third kappa shape index (κ3) is 36.0. The van der Waals surface area contributed by atoms with E-state index in [1.165, 1.54) is 96.3 Å². The van der Waals surface area contributed by atoms with Crippen molar-refractivity contribution in [3.8, 4) is 0 Å². The van der Waals surface area contributed by atoms with E-state index in [9.17, 15) is 14.4 Å². The van der Waals surface area contributed by atoms with Gasteiger partial charge in [-0.05, 0) is 63.7 Å². The molecule has 1 N–H and O–H groups in total. The molecule has 0 heterocycles. The molecular formula is C43H82O6. The fourth-order valence-electron chi connectivity index (χ4n) is 6.75. The van der Waals surface area contributed by atoms with Gasteiger partial charge in [0.1, 0.15) is 6.10 Å². The van der Waals surface area contributed by atoms with Crippen LogP contribution in [0.2, 0.25) is 0 Å². The van der Waals surface area contributed by atoms with Crippen molar-refractivity contribution in [2.24, 2.45) is 5.92 Å². The second-order valence-corrected chi connectivity index (χ2v) is 14.9. The van der Waals surface area contributed by atoms with Crippen molar-refractivity contribution in [2.75, 3.05) is 6.61 Å². The van der Waals surface area contributed by atoms with Gasteiger partial charge in [-0.15, -0.1) is 0 Å². The lowest BCUT2D eigenvalue weighted by atomic mass is 9.94. The maximum Gasteiger partial charge on any atom is 0.306 e. The molecule has 0 saturated heterocycles. The van der Waals surface area contributed by atoms with E-state index in [-0.39, 0.29) is 24.5 Å². The van der Waals surface area contributed by atoms with E-state index < -0.39 is 5.97 Å². The maximum atomic E-state index is 12.5. The summed E-state index contributed by atoms with van der Waals surface area (Å²) in [5.74, 6) is -0.282. The summed E-state index contributed by atoms with van der Waals surface area (Å²) in [7, 11) is 0. The first-order valence-corrected chi connectivity index (χ1v) is 21.5. The molecule has 0 aromatic carbocycles. The number of carbonyl (C=O) groups excluding carboxylic acids is 2. The van der Waals surface area contributed by atoms with Crippen LogP contribution in [0.5, 0.6) is 0 Å². The Bertz CT molecular complexity index is 738. The molecule has 2 unspecified atom stereocenters. The average molecular weight is 695 g/mol. The molecule has 0 spiro atoms. The molecule has 0 radical (unpaired) electrons. The molecule has 0 aliphatic carbocycles. The second kappa shape index (κ2) is 37.7. The minimum atomic E-state index is -0.699. The summed E-state index contributed by atoms with van der Waals surface area (Å²) < 4.78 is 11.7. The highest BCUT2D eigenvalue weighted by Gasteiger charge is 2.15. The van der Waals surface area contributed by atoms with Crippen molar-refractivity contribution >= 4 is 17.9 Å². The number of carbonyl (C=O) groups is 3. The van der Waals surface area contributed by atoms with Gasteiger partial charge in [0.15, 0.2) is 0 Å². The fraction of sp³-hybridized carbons (Fsp3) is 0.930. The van der Waals surface area contributed by atoms with E-state index >= 15 is 0 Å². The molecular weight excluding hydrogens is 612 g/mol. The first-order valence-electron chi connectivity index (χ1n) is 21.5. The Kier molecular flexibility index (Phi) is 36.4. The normalized spacial score (nSPS) is 12.6. The molecule has 0 aromatic heterocycles. The molecule has 2 atom stereocenters. The van der Waals surface area contributed by atoms with Crippen LogP contribution in [0.1, 0.15) is 239 Å². The number of ether oxygens (including phenoxy) is 2. The molecule has 290 valence electrons. The lowest BCUT2D eigenvalue weighted by Crippen LogP contribution is -2.18. The predicted octanol–water partition coefficient (Wildman–Crippen LogP) is 13.5. The lowest BCUT2D eigenvalue weighted by Gasteiger charge is -2.18. The van der Waals surface area contributed by atoms with Gasteiger partial charge < -0.3 is 14.6 Å². The largest absolute Gasteiger partial charge is 0.481 e. The summed E-state index contributed by atoms with van der Waals surface area (Å²) in [6.07, 6.45) is 37.2. The van der Waals surface area contributed by atoms with Crippen molar-refractivity contribution in [3.63, 3.8) is 0 Å². The predicted molar refractivity (Wildman–Crippen MR) is 206 cm³/mol. The maximum absolute atomic E-state index is 12.5. The SMILES string of the molecule is CCCCCCCCCC(CCCCCCCC(=O)O)COC(=O)CCCCCCCCCCC(CCCCCC)OC(=O)CCCCC. The number of rotatable bonds is 39. The van der Waals surface area contributed by atoms with Crippen LogP contribution in [-0.2, 0) is 23.9 Å². The Balaban J connectivity index is 4.13. The molecule has 0 aliphatic rings. The van der Waals surface area contributed by atoms with Crippen molar-refractivity contribution in [1.82, 2.24) is 0 Å². The van der Waals surface area contributed by atoms with Gasteiger partial charge in [0.05, 0.1) is 6.61 Å². The van der Waals surface area contributed by atoms with Gasteiger partial charge in [0, 0.05) is 19.3 Å². The van der Waals surface area contributed by atoms with Crippen LogP contribution in [-0.4, -0.2) is 35.7 Å². The van der Waals surface area contributed by atoms with Crippen LogP contribution >= 0.6 is 0 Å². The number of aliphatic carboxylic acids is 1. The van der Waals surface area contributed by atoms with Crippen LogP contribution in [0.3, 0.4) is 0 Å². The fourth-order valence-corrected chi connectivity index (χ4v) is 6.75. The molecule has 0 amide bonds. The van der Waals surface area contributed by atoms with Gasteiger partial charge in [-0.2, -0.15) is 0 Å². The molecule has 0 aromatic rings. The van der Waals surface area contributed by atoms with Gasteiger partial charge in [0.25, 0.3) is 0 Å². The number of carboxylic acid groups (broad SMARTS) is 1. The zero-order chi connectivity index (χ0) is 36.0. The molecule has 0 aliphatic heterocycles. The lowest BCUT2D eigenvalue weighted by molar-refractivity contribution is -0.150. The third-order valence-electron chi connectivity index (χ3n) is 10.0. The van der Waals surface area contributed by atoms with Gasteiger partial charge in [0.2, 0.25) is 0 Å². The first-order chi connectivity index (χ1) is 23.9. The van der Waals surface area contributed by atoms with Crippen LogP contribution in [0, 0.1) is 5.92 Å². The summed E-state index contributed by atoms with van der Waals surface area (Å²) in [4.78, 5) is 35.5. The van der Waals surface area contributed by atoms with Crippen LogP contribution in [0.25, 0.3) is 0 Å². The topological polar surface area (TPSA) is 89.9 Å². The summed E-state index contributed by atoms with van der Waals surface area (Å²) >= 11 is 0. The highest BCUT2D eigenvalue weighted by Crippen LogP contribution is 2.21. The Morgan fingerprint density at radius 2 is 0.776 bits per heavy atom. The average Bonchev–Trinajstić information content (AvgIpc) is 3.08. The summed E-state index contributed by atoms with van der Waals surface area (Å²) in [6.45, 7) is 7.21. The molecule has 6 nitrogen and oxygen atoms in total. The van der Waals surface area contributed by atoms with Gasteiger partial charge in [-0.1, -0.05) is 162 Å². The zero-order valence-electron chi connectivity index (χ0n) is 32.9. The van der Waals surface area contributed by atoms with Crippen LogP contribution in [0.4, 0.5) is 0 Å². The number of carboxylic acids is 1. The summed E-state index contributed by atoms with van der Waals surface area (Å²) in [5.41, 5.74) is 0. The Labute approximate surface area is 304 Å². The van der Waals surface area contributed by atoms with Gasteiger partial charge in [-0.3, -0.25) is 14.4 Å². The van der Waals surface area contributed by atoms with Crippen molar-refractivity contribution in [2.45, 2.75) is 245 Å². The highest BCUT2D eigenvalue weighted by atomic mass is 16.5. The standard InChI is InChI=1S/C43H82O6/c1-4-7-10-12-15-19-25-31-39(32-26-20-18-22-29-35-41(44)45)38-48-42(46)36-30-23-17-14-13-16-21-28-34-40(33-27-11-8-5-2)49-43(47)37-24-9-6-3/h39-40H,4-38H2,1-3H3,(H,44,45). The number of esters is 2. The number of hydrogen-bond donors (Lipinski definition) is 1. The van der Waals surface area contributed by atoms with Crippen molar-refractivity contribution in [3.05, 3.63) is 0 Å². The molecule has 0 rings (SSSR count). The second-order valence-electron chi connectivity index (χ2n) is 14.9. The minimum absolute atomic E-state index is 0.000521. The quantitative estimate of drug-likeness (QED) is 0.0509. The zero-order valence-corrected chi connectivity index (χ0v) is 32.9. The molecule has 6 heteroatoms. The van der Waals surface area contributed by atoms with Gasteiger partial charge in [-0.25, -0.2) is 0 Å². The molecule has 0 bridgehead atoms. The Morgan fingerprint density at radius 3 is 1.27 bits per heavy atom. The highest BCUT2D eigenvalue weighted by molar-refractivity contribution is 5.69. The van der Waals surface area contributed by atoms with Gasteiger partial charge >= 0.3 is 17.9 Å². The van der Waals surface area contributed by atoms with E-state index in [0.717, 1.165) is 103 Å². The number of hydrogen-bond acceptors (Lipinski definition) is 5. The minimum Gasteiger partial charge on any atom is -0.481 e. The van der Waals surface area contributed by atoms with Crippen molar-refractivity contribution in [1.29, 1.82) is 0 Å². The summed E-state index contributed by atoms with van der Waals surface area (Å²) in [5, 5.41) is 8.81. The third-order valence-corrected chi connectivity index (χ3v) is 10.0. The molecule has 0 saturated carbocycles. The van der Waals surface area contributed by atoms with E-state index in [1.54, 1.807) is 0 Å². The monoisotopic (exact) mass is 695 g/mol. The molecule has 0 fully saturated rings. The van der Waals surface area contributed by atoms with E-state index in [4.69, 9.17) is 14.6 Å². The first kappa shape index (κ1) is 47.4. The van der Waals surface area contributed by atoms with Crippen LogP contribution in [0.15, 0.2) is 0 Å². The van der Waals surface area contributed by atoms with Crippen molar-refractivity contribution < 1.29 is 29.0 Å².